The first-order chi connectivity index (χ1) is 15.4. The first-order valence-electron chi connectivity index (χ1n) is 10.7. The number of nitrogens with zero attached hydrogens (tertiary/aromatic N) is 4. The molecule has 0 bridgehead atoms. The predicted molar refractivity (Wildman–Crippen MR) is 113 cm³/mol. The van der Waals surface area contributed by atoms with E-state index in [0.29, 0.717) is 44.7 Å². The van der Waals surface area contributed by atoms with Gasteiger partial charge in [0, 0.05) is 38.6 Å². The second-order valence-electron chi connectivity index (χ2n) is 8.00. The van der Waals surface area contributed by atoms with Gasteiger partial charge < -0.3 is 19.9 Å². The van der Waals surface area contributed by atoms with Gasteiger partial charge in [0.1, 0.15) is 6.33 Å². The summed E-state index contributed by atoms with van der Waals surface area (Å²) in [5, 5.41) is 2.86. The van der Waals surface area contributed by atoms with Crippen LogP contribution >= 0.6 is 0 Å². The third kappa shape index (κ3) is 5.29. The number of morpholine rings is 1. The number of carbonyl (C=O) groups excluding carboxylic acids is 1. The molecule has 0 unspecified atom stereocenters. The van der Waals surface area contributed by atoms with Crippen LogP contribution < -0.4 is 15.1 Å². The molecule has 0 radical (unpaired) electrons. The molecule has 2 aliphatic heterocycles. The monoisotopic (exact) mass is 449 g/mol. The number of rotatable bonds is 5. The van der Waals surface area contributed by atoms with Gasteiger partial charge in [0.15, 0.2) is 5.82 Å². The van der Waals surface area contributed by atoms with Gasteiger partial charge in [-0.25, -0.2) is 9.97 Å². The highest BCUT2D eigenvalue weighted by Gasteiger charge is 2.30. The van der Waals surface area contributed by atoms with Crippen molar-refractivity contribution in [2.24, 2.45) is 5.92 Å². The number of alkyl halides is 3. The highest BCUT2D eigenvalue weighted by Crippen LogP contribution is 2.31. The van der Waals surface area contributed by atoms with Crippen LogP contribution in [0.15, 0.2) is 36.8 Å². The van der Waals surface area contributed by atoms with Crippen molar-refractivity contribution in [1.29, 1.82) is 0 Å². The van der Waals surface area contributed by atoms with Crippen molar-refractivity contribution in [2.45, 2.75) is 25.6 Å². The Kier molecular flexibility index (Phi) is 6.78. The summed E-state index contributed by atoms with van der Waals surface area (Å²) < 4.78 is 43.4. The maximum absolute atomic E-state index is 12.7. The fraction of sp³-hybridized carbons (Fsp3) is 0.500. The highest BCUT2D eigenvalue weighted by atomic mass is 19.4. The summed E-state index contributed by atoms with van der Waals surface area (Å²) in [7, 11) is 0. The molecule has 1 amide bonds. The van der Waals surface area contributed by atoms with E-state index in [-0.39, 0.29) is 18.4 Å². The summed E-state index contributed by atoms with van der Waals surface area (Å²) in [4.78, 5) is 25.7. The number of benzene rings is 1. The number of amides is 1. The largest absolute Gasteiger partial charge is 0.416 e. The number of aromatic nitrogens is 2. The number of anilines is 2. The van der Waals surface area contributed by atoms with E-state index in [1.165, 1.54) is 12.1 Å². The van der Waals surface area contributed by atoms with Crippen molar-refractivity contribution in [1.82, 2.24) is 15.3 Å². The van der Waals surface area contributed by atoms with Gasteiger partial charge >= 0.3 is 6.18 Å². The van der Waals surface area contributed by atoms with E-state index in [4.69, 9.17) is 4.74 Å². The van der Waals surface area contributed by atoms with E-state index >= 15 is 0 Å². The summed E-state index contributed by atoms with van der Waals surface area (Å²) in [6, 6.07) is 4.87. The lowest BCUT2D eigenvalue weighted by Gasteiger charge is -2.36. The summed E-state index contributed by atoms with van der Waals surface area (Å²) in [6.07, 6.45) is 0.395. The number of hydrogen-bond donors (Lipinski definition) is 1. The van der Waals surface area contributed by atoms with Gasteiger partial charge in [0.25, 0.3) is 0 Å². The normalized spacial score (nSPS) is 18.0. The Labute approximate surface area is 184 Å². The van der Waals surface area contributed by atoms with Crippen molar-refractivity contribution in [3.63, 3.8) is 0 Å². The minimum Gasteiger partial charge on any atom is -0.378 e. The topological polar surface area (TPSA) is 70.6 Å². The second kappa shape index (κ2) is 9.72. The number of ether oxygens (including phenoxy) is 1. The molecule has 0 saturated carbocycles. The minimum atomic E-state index is -4.36. The molecule has 3 heterocycles. The zero-order chi connectivity index (χ0) is 22.6. The van der Waals surface area contributed by atoms with Gasteiger partial charge in [0.05, 0.1) is 30.7 Å². The van der Waals surface area contributed by atoms with Gasteiger partial charge in [-0.3, -0.25) is 4.79 Å². The maximum atomic E-state index is 12.7. The second-order valence-corrected chi connectivity index (χ2v) is 8.00. The molecular formula is C22H26F3N5O2. The van der Waals surface area contributed by atoms with Crippen LogP contribution in [0.3, 0.4) is 0 Å². The zero-order valence-corrected chi connectivity index (χ0v) is 17.6. The standard InChI is InChI=1S/C22H26F3N5O2/c23-22(24,25)18-3-1-16(2-4-18)13-27-21(31)17-5-7-29(8-6-17)19-14-26-15-28-20(19)30-9-11-32-12-10-30/h1-4,14-15,17H,5-13H2,(H,27,31). The lowest BCUT2D eigenvalue weighted by atomic mass is 9.95. The summed E-state index contributed by atoms with van der Waals surface area (Å²) >= 11 is 0. The van der Waals surface area contributed by atoms with E-state index in [1.807, 2.05) is 6.20 Å². The number of hydrogen-bond acceptors (Lipinski definition) is 6. The molecule has 0 atom stereocenters. The summed E-state index contributed by atoms with van der Waals surface area (Å²) in [5.74, 6) is 0.702. The van der Waals surface area contributed by atoms with Crippen LogP contribution in [0.1, 0.15) is 24.0 Å². The molecule has 1 aromatic heterocycles. The molecule has 0 aliphatic carbocycles. The molecule has 7 nitrogen and oxygen atoms in total. The van der Waals surface area contributed by atoms with Gasteiger partial charge in [-0.05, 0) is 30.5 Å². The lowest BCUT2D eigenvalue weighted by Crippen LogP contribution is -2.42. The number of halogens is 3. The third-order valence-electron chi connectivity index (χ3n) is 5.94. The SMILES string of the molecule is O=C(NCc1ccc(C(F)(F)F)cc1)C1CCN(c2cncnc2N2CCOCC2)CC1. The van der Waals surface area contributed by atoms with E-state index in [2.05, 4.69) is 25.1 Å². The third-order valence-corrected chi connectivity index (χ3v) is 5.94. The van der Waals surface area contributed by atoms with Crippen molar-refractivity contribution >= 4 is 17.4 Å². The van der Waals surface area contributed by atoms with Crippen molar-refractivity contribution in [3.05, 3.63) is 47.9 Å². The first-order valence-corrected chi connectivity index (χ1v) is 10.7. The summed E-state index contributed by atoms with van der Waals surface area (Å²) in [6.45, 7) is 4.55. The van der Waals surface area contributed by atoms with Crippen LogP contribution in [-0.4, -0.2) is 55.3 Å². The molecule has 4 rings (SSSR count). The van der Waals surface area contributed by atoms with E-state index in [9.17, 15) is 18.0 Å². The molecule has 2 saturated heterocycles. The quantitative estimate of drug-likeness (QED) is 0.757. The Morgan fingerprint density at radius 2 is 1.75 bits per heavy atom. The maximum Gasteiger partial charge on any atom is 0.416 e. The van der Waals surface area contributed by atoms with Crippen molar-refractivity contribution in [3.8, 4) is 0 Å². The molecular weight excluding hydrogens is 423 g/mol. The van der Waals surface area contributed by atoms with Crippen LogP contribution in [0.2, 0.25) is 0 Å². The lowest BCUT2D eigenvalue weighted by molar-refractivity contribution is -0.137. The molecule has 0 spiro atoms. The van der Waals surface area contributed by atoms with Crippen molar-refractivity contribution in [2.75, 3.05) is 49.2 Å². The molecule has 2 fully saturated rings. The van der Waals surface area contributed by atoms with Crippen LogP contribution in [0.25, 0.3) is 0 Å². The first kappa shape index (κ1) is 22.3. The molecule has 32 heavy (non-hydrogen) atoms. The fourth-order valence-corrected chi connectivity index (χ4v) is 4.09. The Morgan fingerprint density at radius 3 is 2.41 bits per heavy atom. The molecule has 2 aliphatic rings. The summed E-state index contributed by atoms with van der Waals surface area (Å²) in [5.41, 5.74) is 0.916. The number of carbonyl (C=O) groups is 1. The van der Waals surface area contributed by atoms with Crippen LogP contribution in [-0.2, 0) is 22.3 Å². The molecule has 2 aromatic rings. The van der Waals surface area contributed by atoms with E-state index in [1.54, 1.807) is 6.33 Å². The van der Waals surface area contributed by atoms with Crippen molar-refractivity contribution < 1.29 is 22.7 Å². The minimum absolute atomic E-state index is 0.0673. The molecule has 1 aromatic carbocycles. The smallest absolute Gasteiger partial charge is 0.378 e. The van der Waals surface area contributed by atoms with Gasteiger partial charge in [-0.1, -0.05) is 12.1 Å². The highest BCUT2D eigenvalue weighted by molar-refractivity contribution is 5.79. The molecule has 172 valence electrons. The average molecular weight is 449 g/mol. The fourth-order valence-electron chi connectivity index (χ4n) is 4.09. The average Bonchev–Trinajstić information content (AvgIpc) is 2.83. The van der Waals surface area contributed by atoms with Crippen LogP contribution in [0.5, 0.6) is 0 Å². The Morgan fingerprint density at radius 1 is 1.06 bits per heavy atom. The van der Waals surface area contributed by atoms with Crippen LogP contribution in [0.4, 0.5) is 24.7 Å². The van der Waals surface area contributed by atoms with Crippen LogP contribution in [0, 0.1) is 5.92 Å². The Hall–Kier alpha value is -2.88. The molecule has 1 N–H and O–H groups in total. The zero-order valence-electron chi connectivity index (χ0n) is 17.6. The van der Waals surface area contributed by atoms with Gasteiger partial charge in [-0.2, -0.15) is 13.2 Å². The van der Waals surface area contributed by atoms with E-state index in [0.717, 1.165) is 36.7 Å². The van der Waals surface area contributed by atoms with Gasteiger partial charge in [-0.15, -0.1) is 0 Å². The Bertz CT molecular complexity index is 909. The molecule has 10 heteroatoms. The van der Waals surface area contributed by atoms with E-state index < -0.39 is 11.7 Å². The predicted octanol–water partition coefficient (Wildman–Crippen LogP) is 2.86. The number of piperidine rings is 1. The van der Waals surface area contributed by atoms with Gasteiger partial charge in [0.2, 0.25) is 5.91 Å². The Balaban J connectivity index is 1.30. The number of nitrogens with one attached hydrogen (secondary N) is 1.